The van der Waals surface area contributed by atoms with Crippen molar-refractivity contribution in [3.05, 3.63) is 56.8 Å². The van der Waals surface area contributed by atoms with Gasteiger partial charge in [0, 0.05) is 19.0 Å². The lowest BCUT2D eigenvalue weighted by atomic mass is 10.2. The van der Waals surface area contributed by atoms with Crippen LogP contribution in [-0.2, 0) is 24.4 Å². The maximum atomic E-state index is 12.4. The second kappa shape index (κ2) is 9.67. The third-order valence-electron chi connectivity index (χ3n) is 4.51. The van der Waals surface area contributed by atoms with Gasteiger partial charge in [-0.1, -0.05) is 25.0 Å². The van der Waals surface area contributed by atoms with Gasteiger partial charge in [0.15, 0.2) is 0 Å². The summed E-state index contributed by atoms with van der Waals surface area (Å²) in [6.45, 7) is 6.56. The van der Waals surface area contributed by atoms with E-state index in [1.807, 2.05) is 0 Å². The highest BCUT2D eigenvalue weighted by Gasteiger charge is 2.19. The molecule has 0 radical (unpaired) electrons. The van der Waals surface area contributed by atoms with Gasteiger partial charge in [0.05, 0.1) is 13.1 Å². The first-order valence-corrected chi connectivity index (χ1v) is 9.15. The average molecular weight is 391 g/mol. The van der Waals surface area contributed by atoms with Crippen LogP contribution < -0.4 is 27.7 Å². The summed E-state index contributed by atoms with van der Waals surface area (Å²) in [5.41, 5.74) is -2.44. The second-order valence-electron chi connectivity index (χ2n) is 6.55. The monoisotopic (exact) mass is 391 g/mol. The highest BCUT2D eigenvalue weighted by molar-refractivity contribution is 5.94. The molecule has 1 aromatic heterocycles. The largest absolute Gasteiger partial charge is 0.336 e. The fourth-order valence-corrected chi connectivity index (χ4v) is 3.14. The predicted octanol–water partition coefficient (Wildman–Crippen LogP) is -0.298. The summed E-state index contributed by atoms with van der Waals surface area (Å²) in [5, 5.41) is 4.91. The van der Waals surface area contributed by atoms with E-state index in [2.05, 4.69) is 23.8 Å². The van der Waals surface area contributed by atoms with E-state index in [1.165, 1.54) is 12.2 Å². The number of nitrogens with one attached hydrogen (secondary N) is 2. The molecular weight excluding hydrogens is 366 g/mol. The van der Waals surface area contributed by atoms with Gasteiger partial charge in [-0.2, -0.15) is 0 Å². The standard InChI is InChI=1S/C18H25N5O5/c1-3-10-21-16(26)22(11-4-2)18(28)23(17(21)27)12-9-14(24)20-15(25)19-13-7-5-6-8-13/h3-4,13H,1-2,5-12H2,(H2,19,20,24,25). The van der Waals surface area contributed by atoms with Gasteiger partial charge in [-0.15, -0.1) is 13.2 Å². The van der Waals surface area contributed by atoms with Crippen LogP contribution in [0, 0.1) is 0 Å². The Morgan fingerprint density at radius 3 is 1.93 bits per heavy atom. The molecule has 2 N–H and O–H groups in total. The number of hydrogen-bond donors (Lipinski definition) is 2. The lowest BCUT2D eigenvalue weighted by Crippen LogP contribution is -2.54. The van der Waals surface area contributed by atoms with Crippen LogP contribution in [0.15, 0.2) is 39.7 Å². The zero-order valence-corrected chi connectivity index (χ0v) is 15.7. The second-order valence-corrected chi connectivity index (χ2v) is 6.55. The number of amides is 3. The fourth-order valence-electron chi connectivity index (χ4n) is 3.14. The van der Waals surface area contributed by atoms with Crippen LogP contribution in [0.25, 0.3) is 0 Å². The summed E-state index contributed by atoms with van der Waals surface area (Å²) in [7, 11) is 0. The molecule has 28 heavy (non-hydrogen) atoms. The molecule has 10 nitrogen and oxygen atoms in total. The summed E-state index contributed by atoms with van der Waals surface area (Å²) in [4.78, 5) is 61.0. The van der Waals surface area contributed by atoms with Crippen LogP contribution in [0.1, 0.15) is 32.1 Å². The van der Waals surface area contributed by atoms with Crippen molar-refractivity contribution in [3.63, 3.8) is 0 Å². The van der Waals surface area contributed by atoms with E-state index in [-0.39, 0.29) is 32.1 Å². The molecule has 0 bridgehead atoms. The van der Waals surface area contributed by atoms with Crippen LogP contribution in [0.5, 0.6) is 0 Å². The Balaban J connectivity index is 2.12. The average Bonchev–Trinajstić information content (AvgIpc) is 3.15. The highest BCUT2D eigenvalue weighted by atomic mass is 16.2. The van der Waals surface area contributed by atoms with E-state index in [4.69, 9.17) is 0 Å². The van der Waals surface area contributed by atoms with Crippen molar-refractivity contribution in [2.45, 2.75) is 57.8 Å². The Labute approximate surface area is 161 Å². The Morgan fingerprint density at radius 2 is 1.43 bits per heavy atom. The van der Waals surface area contributed by atoms with E-state index in [1.54, 1.807) is 0 Å². The molecule has 1 fully saturated rings. The van der Waals surface area contributed by atoms with Crippen molar-refractivity contribution >= 4 is 11.9 Å². The number of carbonyl (C=O) groups excluding carboxylic acids is 2. The van der Waals surface area contributed by atoms with Gasteiger partial charge in [0.2, 0.25) is 5.91 Å². The zero-order chi connectivity index (χ0) is 20.7. The summed E-state index contributed by atoms with van der Waals surface area (Å²) in [6.07, 6.45) is 6.29. The van der Waals surface area contributed by atoms with Crippen LogP contribution in [0.4, 0.5) is 4.79 Å². The van der Waals surface area contributed by atoms with Gasteiger partial charge >= 0.3 is 23.1 Å². The predicted molar refractivity (Wildman–Crippen MR) is 103 cm³/mol. The summed E-state index contributed by atoms with van der Waals surface area (Å²) >= 11 is 0. The first-order valence-electron chi connectivity index (χ1n) is 9.15. The topological polar surface area (TPSA) is 124 Å². The van der Waals surface area contributed by atoms with Gasteiger partial charge in [0.1, 0.15) is 0 Å². The van der Waals surface area contributed by atoms with Gasteiger partial charge in [0.25, 0.3) is 0 Å². The van der Waals surface area contributed by atoms with E-state index in [0.717, 1.165) is 39.4 Å². The normalized spacial score (nSPS) is 13.9. The smallest absolute Gasteiger partial charge is 0.335 e. The molecule has 10 heteroatoms. The van der Waals surface area contributed by atoms with Crippen molar-refractivity contribution in [2.75, 3.05) is 0 Å². The third kappa shape index (κ3) is 4.96. The number of allylic oxidation sites excluding steroid dienone is 2. The van der Waals surface area contributed by atoms with Crippen LogP contribution in [0.3, 0.4) is 0 Å². The molecule has 1 heterocycles. The van der Waals surface area contributed by atoms with Crippen LogP contribution in [-0.4, -0.2) is 31.7 Å². The molecule has 0 spiro atoms. The van der Waals surface area contributed by atoms with Crippen molar-refractivity contribution in [1.82, 2.24) is 24.3 Å². The number of aromatic nitrogens is 3. The lowest BCUT2D eigenvalue weighted by molar-refractivity contribution is -0.120. The number of urea groups is 1. The molecule has 152 valence electrons. The van der Waals surface area contributed by atoms with Crippen molar-refractivity contribution < 1.29 is 9.59 Å². The molecule has 1 saturated carbocycles. The van der Waals surface area contributed by atoms with E-state index in [0.29, 0.717) is 0 Å². The summed E-state index contributed by atoms with van der Waals surface area (Å²) < 4.78 is 2.49. The number of hydrogen-bond acceptors (Lipinski definition) is 5. The fraction of sp³-hybridized carbons (Fsp3) is 0.500. The Morgan fingerprint density at radius 1 is 0.929 bits per heavy atom. The molecule has 2 rings (SSSR count). The van der Waals surface area contributed by atoms with E-state index < -0.39 is 29.0 Å². The van der Waals surface area contributed by atoms with Crippen LogP contribution in [0.2, 0.25) is 0 Å². The molecule has 0 unspecified atom stereocenters. The van der Waals surface area contributed by atoms with Gasteiger partial charge in [-0.3, -0.25) is 10.1 Å². The van der Waals surface area contributed by atoms with Crippen molar-refractivity contribution in [2.24, 2.45) is 0 Å². The molecule has 0 saturated heterocycles. The molecule has 0 atom stereocenters. The quantitative estimate of drug-likeness (QED) is 0.589. The minimum absolute atomic E-state index is 0.0592. The minimum Gasteiger partial charge on any atom is -0.335 e. The molecule has 0 aromatic carbocycles. The Hall–Kier alpha value is -3.17. The molecule has 1 aliphatic rings. The number of carbonyl (C=O) groups is 2. The molecule has 1 aliphatic carbocycles. The van der Waals surface area contributed by atoms with E-state index in [9.17, 15) is 24.0 Å². The maximum absolute atomic E-state index is 12.4. The van der Waals surface area contributed by atoms with Crippen molar-refractivity contribution in [3.8, 4) is 0 Å². The Kier molecular flexibility index (Phi) is 7.30. The lowest BCUT2D eigenvalue weighted by Gasteiger charge is -2.13. The molecular formula is C18H25N5O5. The Bertz CT molecular complexity index is 885. The zero-order valence-electron chi connectivity index (χ0n) is 15.7. The number of nitrogens with zero attached hydrogens (tertiary/aromatic N) is 3. The minimum atomic E-state index is -0.835. The van der Waals surface area contributed by atoms with Crippen LogP contribution >= 0.6 is 0 Å². The summed E-state index contributed by atoms with van der Waals surface area (Å²) in [6, 6.07) is -0.533. The molecule has 1 aromatic rings. The third-order valence-corrected chi connectivity index (χ3v) is 4.51. The molecule has 3 amide bonds. The van der Waals surface area contributed by atoms with Gasteiger partial charge in [-0.25, -0.2) is 32.9 Å². The first-order chi connectivity index (χ1) is 13.4. The maximum Gasteiger partial charge on any atom is 0.336 e. The first kappa shape index (κ1) is 21.1. The highest BCUT2D eigenvalue weighted by Crippen LogP contribution is 2.17. The van der Waals surface area contributed by atoms with Gasteiger partial charge in [-0.05, 0) is 12.8 Å². The number of rotatable bonds is 8. The SMILES string of the molecule is C=CCn1c(=O)n(CC=C)c(=O)n(CCC(=O)NC(=O)NC2CCCC2)c1=O. The van der Waals surface area contributed by atoms with E-state index >= 15 is 0 Å². The van der Waals surface area contributed by atoms with Gasteiger partial charge < -0.3 is 5.32 Å². The number of imide groups is 1. The molecule has 0 aliphatic heterocycles. The summed E-state index contributed by atoms with van der Waals surface area (Å²) in [5.74, 6) is -0.626. The van der Waals surface area contributed by atoms with Crippen molar-refractivity contribution in [1.29, 1.82) is 0 Å².